The van der Waals surface area contributed by atoms with Gasteiger partial charge in [0.2, 0.25) is 11.7 Å². The lowest BCUT2D eigenvalue weighted by atomic mass is 9.92. The van der Waals surface area contributed by atoms with Crippen molar-refractivity contribution in [1.29, 1.82) is 0 Å². The van der Waals surface area contributed by atoms with Gasteiger partial charge >= 0.3 is 0 Å². The zero-order valence-electron chi connectivity index (χ0n) is 11.4. The minimum atomic E-state index is -0.369. The van der Waals surface area contributed by atoms with Gasteiger partial charge in [-0.2, -0.15) is 4.98 Å². The number of carbonyl (C=O) groups excluding carboxylic acids is 1. The molecule has 1 aromatic heterocycles. The van der Waals surface area contributed by atoms with Gasteiger partial charge in [-0.25, -0.2) is 0 Å². The van der Waals surface area contributed by atoms with Gasteiger partial charge in [-0.15, -0.1) is 0 Å². The van der Waals surface area contributed by atoms with Crippen LogP contribution in [0.3, 0.4) is 0 Å². The molecule has 1 atom stereocenters. The molecule has 0 fully saturated rings. The Kier molecular flexibility index (Phi) is 4.60. The smallest absolute Gasteiger partial charge is 0.237 e. The SMILES string of the molecule is CC(=O)C(c1nc(-c2ccc(Cl)c(Br)c2)no1)C(C)C. The fourth-order valence-corrected chi connectivity index (χ4v) is 2.54. The minimum Gasteiger partial charge on any atom is -0.338 e. The Balaban J connectivity index is 2.37. The second-order valence-electron chi connectivity index (χ2n) is 4.92. The van der Waals surface area contributed by atoms with Gasteiger partial charge in [-0.1, -0.05) is 30.6 Å². The van der Waals surface area contributed by atoms with E-state index in [9.17, 15) is 4.79 Å². The van der Waals surface area contributed by atoms with E-state index in [0.29, 0.717) is 16.7 Å². The first-order valence-corrected chi connectivity index (χ1v) is 7.36. The summed E-state index contributed by atoms with van der Waals surface area (Å²) >= 11 is 9.30. The maximum absolute atomic E-state index is 11.7. The van der Waals surface area contributed by atoms with E-state index in [1.165, 1.54) is 6.92 Å². The van der Waals surface area contributed by atoms with Gasteiger partial charge < -0.3 is 4.52 Å². The van der Waals surface area contributed by atoms with Gasteiger partial charge in [-0.05, 0) is 47.0 Å². The predicted octanol–water partition coefficient (Wildman–Crippen LogP) is 4.48. The van der Waals surface area contributed by atoms with Crippen molar-refractivity contribution < 1.29 is 9.32 Å². The molecule has 0 bridgehead atoms. The summed E-state index contributed by atoms with van der Waals surface area (Å²) in [5, 5.41) is 4.55. The number of hydrogen-bond donors (Lipinski definition) is 0. The molecule has 0 amide bonds. The van der Waals surface area contributed by atoms with Crippen LogP contribution >= 0.6 is 27.5 Å². The van der Waals surface area contributed by atoms with Crippen LogP contribution in [-0.2, 0) is 4.79 Å². The van der Waals surface area contributed by atoms with Crippen molar-refractivity contribution in [3.05, 3.63) is 33.6 Å². The van der Waals surface area contributed by atoms with E-state index >= 15 is 0 Å². The summed E-state index contributed by atoms with van der Waals surface area (Å²) < 4.78 is 6.00. The number of nitrogens with zero attached hydrogens (tertiary/aromatic N) is 2. The third kappa shape index (κ3) is 3.10. The number of Topliss-reactive ketones (excluding diaryl/α,β-unsaturated/α-hetero) is 1. The third-order valence-corrected chi connectivity index (χ3v) is 4.20. The Morgan fingerprint density at radius 1 is 1.40 bits per heavy atom. The Hall–Kier alpha value is -1.20. The molecule has 20 heavy (non-hydrogen) atoms. The molecule has 106 valence electrons. The number of carbonyl (C=O) groups is 1. The van der Waals surface area contributed by atoms with Crippen molar-refractivity contribution in [2.75, 3.05) is 0 Å². The highest BCUT2D eigenvalue weighted by Gasteiger charge is 2.27. The fourth-order valence-electron chi connectivity index (χ4n) is 2.04. The van der Waals surface area contributed by atoms with E-state index in [0.717, 1.165) is 10.0 Å². The van der Waals surface area contributed by atoms with Crippen LogP contribution in [0.1, 0.15) is 32.6 Å². The van der Waals surface area contributed by atoms with Crippen molar-refractivity contribution in [1.82, 2.24) is 10.1 Å². The van der Waals surface area contributed by atoms with Crippen LogP contribution in [0, 0.1) is 5.92 Å². The molecule has 6 heteroatoms. The van der Waals surface area contributed by atoms with Crippen molar-refractivity contribution >= 4 is 33.3 Å². The van der Waals surface area contributed by atoms with Gasteiger partial charge in [0.25, 0.3) is 0 Å². The van der Waals surface area contributed by atoms with Crippen LogP contribution in [0.4, 0.5) is 0 Å². The zero-order chi connectivity index (χ0) is 14.9. The minimum absolute atomic E-state index is 0.0208. The second-order valence-corrected chi connectivity index (χ2v) is 6.18. The summed E-state index contributed by atoms with van der Waals surface area (Å²) in [5.41, 5.74) is 0.780. The average molecular weight is 358 g/mol. The predicted molar refractivity (Wildman–Crippen MR) is 80.7 cm³/mol. The molecule has 0 saturated carbocycles. The van der Waals surface area contributed by atoms with Gasteiger partial charge in [0.15, 0.2) is 0 Å². The molecule has 0 N–H and O–H groups in total. The maximum atomic E-state index is 11.7. The van der Waals surface area contributed by atoms with Crippen LogP contribution in [0.15, 0.2) is 27.2 Å². The first-order chi connectivity index (χ1) is 9.40. The molecule has 0 aliphatic carbocycles. The van der Waals surface area contributed by atoms with E-state index in [1.54, 1.807) is 12.1 Å². The summed E-state index contributed by atoms with van der Waals surface area (Å²) in [7, 11) is 0. The second kappa shape index (κ2) is 6.06. The molecule has 2 aromatic rings. The monoisotopic (exact) mass is 356 g/mol. The molecular weight excluding hydrogens is 344 g/mol. The van der Waals surface area contributed by atoms with E-state index < -0.39 is 0 Å². The summed E-state index contributed by atoms with van der Waals surface area (Å²) in [6.07, 6.45) is 0. The number of benzene rings is 1. The van der Waals surface area contributed by atoms with E-state index in [2.05, 4.69) is 26.1 Å². The highest BCUT2D eigenvalue weighted by atomic mass is 79.9. The normalized spacial score (nSPS) is 12.7. The van der Waals surface area contributed by atoms with Crippen molar-refractivity contribution in [3.63, 3.8) is 0 Å². The summed E-state index contributed by atoms with van der Waals surface area (Å²) in [4.78, 5) is 16.0. The molecule has 1 unspecified atom stereocenters. The van der Waals surface area contributed by atoms with Crippen LogP contribution < -0.4 is 0 Å². The first kappa shape index (κ1) is 15.2. The highest BCUT2D eigenvalue weighted by molar-refractivity contribution is 9.10. The quantitative estimate of drug-likeness (QED) is 0.809. The topological polar surface area (TPSA) is 56.0 Å². The zero-order valence-corrected chi connectivity index (χ0v) is 13.7. The molecule has 2 rings (SSSR count). The van der Waals surface area contributed by atoms with Gasteiger partial charge in [0.05, 0.1) is 10.9 Å². The molecule has 0 aliphatic rings. The molecule has 0 radical (unpaired) electrons. The van der Waals surface area contributed by atoms with Gasteiger partial charge in [0.1, 0.15) is 5.78 Å². The molecule has 0 saturated heterocycles. The molecule has 0 spiro atoms. The highest BCUT2D eigenvalue weighted by Crippen LogP contribution is 2.29. The van der Waals surface area contributed by atoms with E-state index in [-0.39, 0.29) is 17.6 Å². The lowest BCUT2D eigenvalue weighted by Crippen LogP contribution is -2.15. The Bertz CT molecular complexity index is 640. The first-order valence-electron chi connectivity index (χ1n) is 6.19. The number of rotatable bonds is 4. The lowest BCUT2D eigenvalue weighted by molar-refractivity contribution is -0.119. The van der Waals surface area contributed by atoms with Crippen LogP contribution in [0.2, 0.25) is 5.02 Å². The van der Waals surface area contributed by atoms with Crippen molar-refractivity contribution in [2.24, 2.45) is 5.92 Å². The van der Waals surface area contributed by atoms with Crippen LogP contribution in [0.5, 0.6) is 0 Å². The number of hydrogen-bond acceptors (Lipinski definition) is 4. The Morgan fingerprint density at radius 3 is 2.65 bits per heavy atom. The summed E-state index contributed by atoms with van der Waals surface area (Å²) in [6.45, 7) is 5.44. The largest absolute Gasteiger partial charge is 0.338 e. The molecule has 0 aliphatic heterocycles. The van der Waals surface area contributed by atoms with Gasteiger partial charge in [0, 0.05) is 10.0 Å². The molecular formula is C14H14BrClN2O2. The average Bonchev–Trinajstić information content (AvgIpc) is 2.81. The van der Waals surface area contributed by atoms with Gasteiger partial charge in [-0.3, -0.25) is 4.79 Å². The molecule has 4 nitrogen and oxygen atoms in total. The van der Waals surface area contributed by atoms with E-state index in [1.807, 2.05) is 19.9 Å². The number of ketones is 1. The third-order valence-electron chi connectivity index (χ3n) is 2.99. The van der Waals surface area contributed by atoms with Crippen molar-refractivity contribution in [2.45, 2.75) is 26.7 Å². The maximum Gasteiger partial charge on any atom is 0.237 e. The van der Waals surface area contributed by atoms with Crippen LogP contribution in [-0.4, -0.2) is 15.9 Å². The molecule has 1 heterocycles. The number of halogens is 2. The summed E-state index contributed by atoms with van der Waals surface area (Å²) in [6, 6.07) is 5.37. The Labute approximate surface area is 130 Å². The summed E-state index contributed by atoms with van der Waals surface area (Å²) in [5.74, 6) is 0.565. The van der Waals surface area contributed by atoms with E-state index in [4.69, 9.17) is 16.1 Å². The lowest BCUT2D eigenvalue weighted by Gasteiger charge is -2.12. The molecule has 1 aromatic carbocycles. The fraction of sp³-hybridized carbons (Fsp3) is 0.357. The Morgan fingerprint density at radius 2 is 2.10 bits per heavy atom. The van der Waals surface area contributed by atoms with Crippen molar-refractivity contribution in [3.8, 4) is 11.4 Å². The van der Waals surface area contributed by atoms with Crippen LogP contribution in [0.25, 0.3) is 11.4 Å². The standard InChI is InChI=1S/C14H14BrClN2O2/c1-7(2)12(8(3)19)14-17-13(18-20-14)9-4-5-11(16)10(15)6-9/h4-7,12H,1-3H3. The number of aromatic nitrogens is 2.